The maximum atomic E-state index is 13.4. The van der Waals surface area contributed by atoms with Gasteiger partial charge < -0.3 is 14.7 Å². The van der Waals surface area contributed by atoms with Crippen LogP contribution in [0, 0.1) is 17.0 Å². The largest absolute Gasteiger partial charge is 0.338 e. The highest BCUT2D eigenvalue weighted by molar-refractivity contribution is 5.79. The van der Waals surface area contributed by atoms with Gasteiger partial charge in [-0.25, -0.2) is 13.6 Å². The summed E-state index contributed by atoms with van der Waals surface area (Å²) in [6, 6.07) is 3.74. The number of carbonyl (C=O) groups is 2. The fraction of sp³-hybridized carbons (Fsp3) is 0.556. The van der Waals surface area contributed by atoms with Crippen LogP contribution in [0.2, 0.25) is 0 Å². The molecule has 1 aromatic rings. The van der Waals surface area contributed by atoms with E-state index in [1.807, 2.05) is 4.90 Å². The van der Waals surface area contributed by atoms with Gasteiger partial charge in [0.1, 0.15) is 0 Å². The second-order valence-corrected chi connectivity index (χ2v) is 7.34. The lowest BCUT2D eigenvalue weighted by Crippen LogP contribution is -2.47. The fourth-order valence-electron chi connectivity index (χ4n) is 3.77. The van der Waals surface area contributed by atoms with E-state index >= 15 is 0 Å². The number of urea groups is 1. The molecule has 5 nitrogen and oxygen atoms in total. The van der Waals surface area contributed by atoms with E-state index in [2.05, 4.69) is 0 Å². The van der Waals surface area contributed by atoms with E-state index in [0.29, 0.717) is 31.6 Å². The van der Waals surface area contributed by atoms with Crippen molar-refractivity contribution in [2.45, 2.75) is 25.8 Å². The van der Waals surface area contributed by atoms with Gasteiger partial charge in [0.2, 0.25) is 5.91 Å². The summed E-state index contributed by atoms with van der Waals surface area (Å²) in [4.78, 5) is 29.5. The lowest BCUT2D eigenvalue weighted by molar-refractivity contribution is -0.128. The van der Waals surface area contributed by atoms with Crippen molar-refractivity contribution in [1.29, 1.82) is 0 Å². The molecule has 0 N–H and O–H groups in total. The number of nitrogens with zero attached hydrogens (tertiary/aromatic N) is 3. The molecule has 2 aliphatic rings. The standard InChI is InChI=1S/C18H23F2N3O2/c1-21(2)17(25)22-7-5-18(6-8-22)10-16(24)23(12-18)11-13-3-4-14(19)15(20)9-13/h3-4,9H,5-8,10-12H2,1-2H3. The SMILES string of the molecule is CN(C)C(=O)N1CCC2(CC1)CC(=O)N(Cc1ccc(F)c(F)c1)C2. The van der Waals surface area contributed by atoms with Gasteiger partial charge in [-0.1, -0.05) is 6.07 Å². The normalized spacial score (nSPS) is 19.6. The topological polar surface area (TPSA) is 43.9 Å². The molecule has 2 fully saturated rings. The number of amides is 3. The molecule has 0 bridgehead atoms. The first-order chi connectivity index (χ1) is 11.8. The van der Waals surface area contributed by atoms with Gasteiger partial charge in [0.05, 0.1) is 0 Å². The van der Waals surface area contributed by atoms with Crippen molar-refractivity contribution < 1.29 is 18.4 Å². The lowest BCUT2D eigenvalue weighted by Gasteiger charge is -2.39. The van der Waals surface area contributed by atoms with Crippen LogP contribution < -0.4 is 0 Å². The zero-order chi connectivity index (χ0) is 18.2. The van der Waals surface area contributed by atoms with Crippen LogP contribution in [0.25, 0.3) is 0 Å². The number of piperidine rings is 1. The minimum absolute atomic E-state index is 0.00202. The van der Waals surface area contributed by atoms with Crippen molar-refractivity contribution >= 4 is 11.9 Å². The maximum absolute atomic E-state index is 13.4. The number of hydrogen-bond acceptors (Lipinski definition) is 2. The number of benzene rings is 1. The summed E-state index contributed by atoms with van der Waals surface area (Å²) in [6.07, 6.45) is 2.03. The molecule has 25 heavy (non-hydrogen) atoms. The van der Waals surface area contributed by atoms with Crippen LogP contribution in [0.5, 0.6) is 0 Å². The molecule has 0 atom stereocenters. The first-order valence-corrected chi connectivity index (χ1v) is 8.48. The van der Waals surface area contributed by atoms with Gasteiger partial charge in [0.25, 0.3) is 0 Å². The summed E-state index contributed by atoms with van der Waals surface area (Å²) >= 11 is 0. The summed E-state index contributed by atoms with van der Waals surface area (Å²) in [5.41, 5.74) is 0.475. The molecule has 0 aliphatic carbocycles. The van der Waals surface area contributed by atoms with Gasteiger partial charge in [-0.05, 0) is 30.5 Å². The van der Waals surface area contributed by atoms with E-state index in [1.165, 1.54) is 6.07 Å². The summed E-state index contributed by atoms with van der Waals surface area (Å²) in [5.74, 6) is -1.74. The molecule has 7 heteroatoms. The predicted octanol–water partition coefficient (Wildman–Crippen LogP) is 2.46. The Bertz CT molecular complexity index is 685. The molecular weight excluding hydrogens is 328 g/mol. The van der Waals surface area contributed by atoms with Crippen molar-refractivity contribution in [3.8, 4) is 0 Å². The Kier molecular flexibility index (Phi) is 4.67. The predicted molar refractivity (Wildman–Crippen MR) is 88.7 cm³/mol. The summed E-state index contributed by atoms with van der Waals surface area (Å²) in [5, 5.41) is 0. The van der Waals surface area contributed by atoms with Crippen LogP contribution in [0.15, 0.2) is 18.2 Å². The van der Waals surface area contributed by atoms with Crippen molar-refractivity contribution in [2.75, 3.05) is 33.7 Å². The van der Waals surface area contributed by atoms with Gasteiger partial charge in [-0.15, -0.1) is 0 Å². The third-order valence-electron chi connectivity index (χ3n) is 5.24. The van der Waals surface area contributed by atoms with Gasteiger partial charge >= 0.3 is 6.03 Å². The molecule has 2 heterocycles. The van der Waals surface area contributed by atoms with Gasteiger partial charge in [0.15, 0.2) is 11.6 Å². The number of carbonyl (C=O) groups excluding carboxylic acids is 2. The monoisotopic (exact) mass is 351 g/mol. The molecule has 2 saturated heterocycles. The minimum Gasteiger partial charge on any atom is -0.338 e. The third-order valence-corrected chi connectivity index (χ3v) is 5.24. The highest BCUT2D eigenvalue weighted by Gasteiger charge is 2.45. The molecule has 0 saturated carbocycles. The number of rotatable bonds is 2. The zero-order valence-corrected chi connectivity index (χ0v) is 14.6. The first kappa shape index (κ1) is 17.6. The molecule has 3 amide bonds. The van der Waals surface area contributed by atoms with Crippen molar-refractivity contribution in [2.24, 2.45) is 5.41 Å². The smallest absolute Gasteiger partial charge is 0.319 e. The lowest BCUT2D eigenvalue weighted by atomic mass is 9.77. The van der Waals surface area contributed by atoms with Crippen LogP contribution in [-0.2, 0) is 11.3 Å². The summed E-state index contributed by atoms with van der Waals surface area (Å²) in [6.45, 7) is 2.18. The Morgan fingerprint density at radius 1 is 1.20 bits per heavy atom. The van der Waals surface area contributed by atoms with Gasteiger partial charge in [-0.2, -0.15) is 0 Å². The number of likely N-dealkylation sites (tertiary alicyclic amines) is 2. The van der Waals surface area contributed by atoms with E-state index < -0.39 is 11.6 Å². The van der Waals surface area contributed by atoms with E-state index in [0.717, 1.165) is 25.0 Å². The van der Waals surface area contributed by atoms with Crippen molar-refractivity contribution in [3.05, 3.63) is 35.4 Å². The van der Waals surface area contributed by atoms with Gasteiger partial charge in [-0.3, -0.25) is 4.79 Å². The fourth-order valence-corrected chi connectivity index (χ4v) is 3.77. The quantitative estimate of drug-likeness (QED) is 0.822. The van der Waals surface area contributed by atoms with Crippen LogP contribution in [-0.4, -0.2) is 60.4 Å². The van der Waals surface area contributed by atoms with Crippen LogP contribution in [0.4, 0.5) is 13.6 Å². The van der Waals surface area contributed by atoms with E-state index in [1.54, 1.807) is 23.9 Å². The molecule has 0 aromatic heterocycles. The highest BCUT2D eigenvalue weighted by Crippen LogP contribution is 2.41. The average Bonchev–Trinajstić information content (AvgIpc) is 2.86. The molecule has 3 rings (SSSR count). The Morgan fingerprint density at radius 3 is 2.48 bits per heavy atom. The molecule has 0 radical (unpaired) electrons. The van der Waals surface area contributed by atoms with Crippen LogP contribution >= 0.6 is 0 Å². The molecule has 136 valence electrons. The second kappa shape index (κ2) is 6.61. The molecule has 1 spiro atoms. The van der Waals surface area contributed by atoms with Crippen LogP contribution in [0.1, 0.15) is 24.8 Å². The number of halogens is 2. The van der Waals surface area contributed by atoms with E-state index in [9.17, 15) is 18.4 Å². The maximum Gasteiger partial charge on any atom is 0.319 e. The van der Waals surface area contributed by atoms with Crippen LogP contribution in [0.3, 0.4) is 0 Å². The molecular formula is C18H23F2N3O2. The van der Waals surface area contributed by atoms with Crippen molar-refractivity contribution in [1.82, 2.24) is 14.7 Å². The highest BCUT2D eigenvalue weighted by atomic mass is 19.2. The average molecular weight is 351 g/mol. The molecule has 2 aliphatic heterocycles. The summed E-state index contributed by atoms with van der Waals surface area (Å²) < 4.78 is 26.4. The Labute approximate surface area is 146 Å². The third kappa shape index (κ3) is 3.60. The Balaban J connectivity index is 1.63. The first-order valence-electron chi connectivity index (χ1n) is 8.48. The summed E-state index contributed by atoms with van der Waals surface area (Å²) in [7, 11) is 3.46. The number of hydrogen-bond donors (Lipinski definition) is 0. The molecule has 0 unspecified atom stereocenters. The van der Waals surface area contributed by atoms with E-state index in [4.69, 9.17) is 0 Å². The molecule has 1 aromatic carbocycles. The van der Waals surface area contributed by atoms with Crippen molar-refractivity contribution in [3.63, 3.8) is 0 Å². The minimum atomic E-state index is -0.894. The zero-order valence-electron chi connectivity index (χ0n) is 14.6. The Morgan fingerprint density at radius 2 is 1.88 bits per heavy atom. The Hall–Kier alpha value is -2.18. The second-order valence-electron chi connectivity index (χ2n) is 7.34. The van der Waals surface area contributed by atoms with E-state index in [-0.39, 0.29) is 23.9 Å². The van der Waals surface area contributed by atoms with Gasteiger partial charge in [0, 0.05) is 52.1 Å².